The zero-order chi connectivity index (χ0) is 29.6. The van der Waals surface area contributed by atoms with Gasteiger partial charge in [0.1, 0.15) is 17.7 Å². The van der Waals surface area contributed by atoms with E-state index in [1.165, 1.54) is 24.7 Å². The number of carbonyl (C=O) groups excluding carboxylic acids is 1. The maximum atomic E-state index is 15.3. The van der Waals surface area contributed by atoms with Crippen LogP contribution in [0, 0.1) is 0 Å². The van der Waals surface area contributed by atoms with Crippen LogP contribution in [0.3, 0.4) is 0 Å². The number of hydrogen-bond acceptors (Lipinski definition) is 8. The first-order chi connectivity index (χ1) is 20.3. The summed E-state index contributed by atoms with van der Waals surface area (Å²) in [5.41, 5.74) is 3.02. The van der Waals surface area contributed by atoms with Crippen molar-refractivity contribution in [2.75, 3.05) is 39.3 Å². The second-order valence-corrected chi connectivity index (χ2v) is 10.8. The summed E-state index contributed by atoms with van der Waals surface area (Å²) >= 11 is 12.6. The highest BCUT2D eigenvalue weighted by Gasteiger charge is 2.20. The van der Waals surface area contributed by atoms with Crippen LogP contribution in [0.4, 0.5) is 4.39 Å². The van der Waals surface area contributed by atoms with Gasteiger partial charge in [-0.25, -0.2) is 4.39 Å². The van der Waals surface area contributed by atoms with Gasteiger partial charge in [0, 0.05) is 73.9 Å². The van der Waals surface area contributed by atoms with Crippen molar-refractivity contribution in [3.8, 4) is 5.75 Å². The minimum atomic E-state index is -0.454. The topological polar surface area (TPSA) is 96.5 Å². The van der Waals surface area contributed by atoms with E-state index < -0.39 is 11.9 Å². The fourth-order valence-corrected chi connectivity index (χ4v) is 5.53. The molecular weight excluding hydrogens is 582 g/mol. The maximum Gasteiger partial charge on any atom is 0.320 e. The Hall–Kier alpha value is -3.57. The number of aromatic amines is 1. The Kier molecular flexibility index (Phi) is 9.69. The van der Waals surface area contributed by atoms with Crippen LogP contribution in [0.2, 0.25) is 10.0 Å². The summed E-state index contributed by atoms with van der Waals surface area (Å²) in [4.78, 5) is 24.5. The third-order valence-corrected chi connectivity index (χ3v) is 7.65. The molecule has 1 N–H and O–H groups in total. The number of carbonyl (C=O) groups is 1. The molecule has 220 valence electrons. The lowest BCUT2D eigenvalue weighted by Crippen LogP contribution is -2.47. The highest BCUT2D eigenvalue weighted by molar-refractivity contribution is 6.35. The Bertz CT molecular complexity index is 1550. The van der Waals surface area contributed by atoms with Crippen molar-refractivity contribution in [1.82, 2.24) is 30.0 Å². The van der Waals surface area contributed by atoms with Crippen LogP contribution in [0.25, 0.3) is 22.8 Å². The predicted molar refractivity (Wildman–Crippen MR) is 161 cm³/mol. The van der Waals surface area contributed by atoms with Gasteiger partial charge in [0.15, 0.2) is 0 Å². The van der Waals surface area contributed by atoms with Gasteiger partial charge in [0.05, 0.1) is 40.1 Å². The number of halogens is 3. The number of benzene rings is 1. The summed E-state index contributed by atoms with van der Waals surface area (Å²) < 4.78 is 26.4. The highest BCUT2D eigenvalue weighted by atomic mass is 35.5. The van der Waals surface area contributed by atoms with E-state index >= 15 is 4.39 Å². The standard InChI is InChI=1S/C30H31Cl2FN6O3/c1-3-41-29(40)18-39-10-8-38(9-11-39)17-21-5-4-20(14-35-21)26(33)13-28-23-12-22(6-7-27(23)36-37-28)42-19(2)30-24(31)15-34-16-25(30)32/h4-7,12-16,19H,3,8-11,17-18H2,1-2H3,(H,36,37)/b26-13-. The molecule has 0 radical (unpaired) electrons. The SMILES string of the molecule is CCOC(=O)CN1CCN(Cc2ccc(/C(F)=C/c3n[nH]c4ccc(OC(C)c5c(Cl)cncc5Cl)cc34)cn2)CC1. The van der Waals surface area contributed by atoms with Crippen molar-refractivity contribution in [2.45, 2.75) is 26.5 Å². The molecule has 3 aromatic heterocycles. The average Bonchev–Trinajstić information content (AvgIpc) is 3.36. The summed E-state index contributed by atoms with van der Waals surface area (Å²) in [7, 11) is 0. The van der Waals surface area contributed by atoms with Crippen molar-refractivity contribution < 1.29 is 18.7 Å². The third kappa shape index (κ3) is 7.25. The molecule has 0 spiro atoms. The van der Waals surface area contributed by atoms with Gasteiger partial charge in [-0.2, -0.15) is 5.10 Å². The molecule has 1 fully saturated rings. The number of pyridine rings is 2. The summed E-state index contributed by atoms with van der Waals surface area (Å²) in [5, 5.41) is 8.75. The van der Waals surface area contributed by atoms with E-state index in [2.05, 4.69) is 30.0 Å². The second kappa shape index (κ2) is 13.6. The molecule has 0 amide bonds. The van der Waals surface area contributed by atoms with Crippen LogP contribution in [0.1, 0.15) is 42.5 Å². The second-order valence-electron chi connectivity index (χ2n) is 9.98. The Morgan fingerprint density at radius 2 is 1.83 bits per heavy atom. The van der Waals surface area contributed by atoms with Crippen molar-refractivity contribution in [3.63, 3.8) is 0 Å². The monoisotopic (exact) mass is 612 g/mol. The molecule has 5 rings (SSSR count). The molecule has 4 aromatic rings. The summed E-state index contributed by atoms with van der Waals surface area (Å²) in [6, 6.07) is 8.97. The third-order valence-electron chi connectivity index (χ3n) is 7.05. The molecule has 1 saturated heterocycles. The Morgan fingerprint density at radius 1 is 1.10 bits per heavy atom. The molecule has 1 aromatic carbocycles. The lowest BCUT2D eigenvalue weighted by molar-refractivity contribution is -0.144. The molecule has 0 saturated carbocycles. The number of hydrogen-bond donors (Lipinski definition) is 1. The molecule has 42 heavy (non-hydrogen) atoms. The van der Waals surface area contributed by atoms with E-state index in [1.54, 1.807) is 25.1 Å². The molecule has 9 nitrogen and oxygen atoms in total. The molecule has 1 aliphatic rings. The first-order valence-electron chi connectivity index (χ1n) is 13.7. The van der Waals surface area contributed by atoms with E-state index in [4.69, 9.17) is 32.7 Å². The Morgan fingerprint density at radius 3 is 2.52 bits per heavy atom. The van der Waals surface area contributed by atoms with Gasteiger partial charge in [-0.05, 0) is 44.2 Å². The smallest absolute Gasteiger partial charge is 0.320 e. The van der Waals surface area contributed by atoms with Crippen LogP contribution in [-0.2, 0) is 16.1 Å². The molecule has 1 atom stereocenters. The zero-order valence-electron chi connectivity index (χ0n) is 23.3. The lowest BCUT2D eigenvalue weighted by Gasteiger charge is -2.33. The number of piperazine rings is 1. The number of H-pyrrole nitrogens is 1. The van der Waals surface area contributed by atoms with Gasteiger partial charge in [-0.1, -0.05) is 23.2 Å². The maximum absolute atomic E-state index is 15.3. The van der Waals surface area contributed by atoms with E-state index in [0.717, 1.165) is 37.4 Å². The fraction of sp³-hybridized carbons (Fsp3) is 0.333. The first-order valence-corrected chi connectivity index (χ1v) is 14.4. The summed E-state index contributed by atoms with van der Waals surface area (Å²) in [5.74, 6) is -0.0885. The number of nitrogens with one attached hydrogen (secondary N) is 1. The van der Waals surface area contributed by atoms with Crippen LogP contribution in [0.5, 0.6) is 5.75 Å². The molecular formula is C30H31Cl2FN6O3. The Balaban J connectivity index is 1.22. The van der Waals surface area contributed by atoms with Gasteiger partial charge in [0.25, 0.3) is 0 Å². The summed E-state index contributed by atoms with van der Waals surface area (Å²) in [6.45, 7) is 8.20. The van der Waals surface area contributed by atoms with Crippen LogP contribution >= 0.6 is 23.2 Å². The van der Waals surface area contributed by atoms with Gasteiger partial charge < -0.3 is 9.47 Å². The van der Waals surface area contributed by atoms with Crippen molar-refractivity contribution in [2.24, 2.45) is 0 Å². The minimum absolute atomic E-state index is 0.193. The number of aromatic nitrogens is 4. The van der Waals surface area contributed by atoms with Crippen LogP contribution in [-0.4, -0.2) is 75.3 Å². The largest absolute Gasteiger partial charge is 0.486 e. The molecule has 0 bridgehead atoms. The van der Waals surface area contributed by atoms with E-state index in [0.29, 0.717) is 57.7 Å². The van der Waals surface area contributed by atoms with Crippen molar-refractivity contribution in [1.29, 1.82) is 0 Å². The molecule has 4 heterocycles. The van der Waals surface area contributed by atoms with Gasteiger partial charge in [-0.15, -0.1) is 0 Å². The van der Waals surface area contributed by atoms with E-state index in [-0.39, 0.29) is 5.97 Å². The number of ether oxygens (including phenoxy) is 2. The average molecular weight is 614 g/mol. The summed E-state index contributed by atoms with van der Waals surface area (Å²) in [6.07, 6.45) is 5.51. The fourth-order valence-electron chi connectivity index (χ4n) is 4.86. The molecule has 1 aliphatic heterocycles. The van der Waals surface area contributed by atoms with Crippen LogP contribution in [0.15, 0.2) is 48.9 Å². The van der Waals surface area contributed by atoms with Gasteiger partial charge >= 0.3 is 5.97 Å². The van der Waals surface area contributed by atoms with Gasteiger partial charge in [-0.3, -0.25) is 29.7 Å². The van der Waals surface area contributed by atoms with Crippen molar-refractivity contribution >= 4 is 52.0 Å². The predicted octanol–water partition coefficient (Wildman–Crippen LogP) is 5.95. The molecule has 1 unspecified atom stereocenters. The van der Waals surface area contributed by atoms with Gasteiger partial charge in [0.2, 0.25) is 0 Å². The highest BCUT2D eigenvalue weighted by Crippen LogP contribution is 2.34. The number of rotatable bonds is 10. The molecule has 12 heteroatoms. The van der Waals surface area contributed by atoms with Crippen molar-refractivity contribution in [3.05, 3.63) is 81.5 Å². The quantitative estimate of drug-likeness (QED) is 0.220. The Labute approximate surface area is 253 Å². The van der Waals surface area contributed by atoms with Crippen LogP contribution < -0.4 is 4.74 Å². The normalized spacial score (nSPS) is 15.6. The minimum Gasteiger partial charge on any atom is -0.486 e. The van der Waals surface area contributed by atoms with E-state index in [9.17, 15) is 4.79 Å². The first kappa shape index (κ1) is 29.9. The molecule has 0 aliphatic carbocycles. The number of esters is 1. The van der Waals surface area contributed by atoms with E-state index in [1.807, 2.05) is 19.1 Å². The number of nitrogens with zero attached hydrogens (tertiary/aromatic N) is 5. The lowest BCUT2D eigenvalue weighted by atomic mass is 10.1. The zero-order valence-corrected chi connectivity index (χ0v) is 24.8. The number of fused-ring (bicyclic) bond motifs is 1.